The summed E-state index contributed by atoms with van der Waals surface area (Å²) in [6, 6.07) is 0.521. The van der Waals surface area contributed by atoms with E-state index >= 15 is 0 Å². The van der Waals surface area contributed by atoms with Gasteiger partial charge in [0.1, 0.15) is 0 Å². The number of alkyl halides is 2. The molecule has 1 rings (SSSR count). The molecule has 12 heavy (non-hydrogen) atoms. The number of rotatable bonds is 4. The molecule has 0 radical (unpaired) electrons. The molecule has 0 bridgehead atoms. The van der Waals surface area contributed by atoms with Gasteiger partial charge < -0.3 is 9.64 Å². The van der Waals surface area contributed by atoms with Crippen LogP contribution in [0, 0.1) is 5.92 Å². The van der Waals surface area contributed by atoms with Crippen LogP contribution >= 0.6 is 0 Å². The second-order valence-electron chi connectivity index (χ2n) is 3.51. The van der Waals surface area contributed by atoms with E-state index in [1.807, 2.05) is 0 Å². The molecule has 0 aliphatic carbocycles. The van der Waals surface area contributed by atoms with Gasteiger partial charge in [0, 0.05) is 25.0 Å². The highest BCUT2D eigenvalue weighted by atomic mass is 19.3. The Bertz CT molecular complexity index is 132. The summed E-state index contributed by atoms with van der Waals surface area (Å²) in [5, 5.41) is 0. The highest BCUT2D eigenvalue weighted by Crippen LogP contribution is 2.18. The lowest BCUT2D eigenvalue weighted by Crippen LogP contribution is -2.51. The zero-order valence-corrected chi connectivity index (χ0v) is 7.46. The average Bonchev–Trinajstić information content (AvgIpc) is 1.82. The van der Waals surface area contributed by atoms with Crippen molar-refractivity contribution in [3.8, 4) is 0 Å². The van der Waals surface area contributed by atoms with Gasteiger partial charge in [0.2, 0.25) is 0 Å². The fourth-order valence-electron chi connectivity index (χ4n) is 1.35. The maximum absolute atomic E-state index is 11.6. The normalized spacial score (nSPS) is 20.5. The molecular weight excluding hydrogens is 164 g/mol. The first kappa shape index (κ1) is 9.86. The molecule has 1 fully saturated rings. The van der Waals surface area contributed by atoms with Crippen LogP contribution in [0.4, 0.5) is 8.78 Å². The van der Waals surface area contributed by atoms with Gasteiger partial charge in [0.25, 0.3) is 0 Å². The van der Waals surface area contributed by atoms with Gasteiger partial charge >= 0.3 is 6.61 Å². The standard InChI is InChI=1S/C8H15F2NO/c1-6(2)11-3-7(4-11)5-12-8(9)10/h6-8H,3-5H2,1-2H3. The van der Waals surface area contributed by atoms with Crippen molar-refractivity contribution in [2.75, 3.05) is 19.7 Å². The van der Waals surface area contributed by atoms with Crippen molar-refractivity contribution in [2.24, 2.45) is 5.92 Å². The van der Waals surface area contributed by atoms with Crippen molar-refractivity contribution in [2.45, 2.75) is 26.5 Å². The van der Waals surface area contributed by atoms with E-state index in [0.717, 1.165) is 13.1 Å². The average molecular weight is 179 g/mol. The molecule has 1 saturated heterocycles. The molecule has 0 unspecified atom stereocenters. The summed E-state index contributed by atoms with van der Waals surface area (Å²) in [5.74, 6) is 0.307. The van der Waals surface area contributed by atoms with E-state index in [0.29, 0.717) is 12.0 Å². The second-order valence-corrected chi connectivity index (χ2v) is 3.51. The monoisotopic (exact) mass is 179 g/mol. The molecule has 72 valence electrons. The fraction of sp³-hybridized carbons (Fsp3) is 1.00. The molecule has 0 aromatic rings. The lowest BCUT2D eigenvalue weighted by Gasteiger charge is -2.41. The van der Waals surface area contributed by atoms with Crippen molar-refractivity contribution in [1.29, 1.82) is 0 Å². The third-order valence-electron chi connectivity index (χ3n) is 2.17. The lowest BCUT2D eigenvalue weighted by molar-refractivity contribution is -0.151. The number of ether oxygens (including phenoxy) is 1. The Hall–Kier alpha value is -0.220. The molecule has 0 aromatic heterocycles. The van der Waals surface area contributed by atoms with E-state index in [9.17, 15) is 8.78 Å². The molecule has 0 aromatic carbocycles. The topological polar surface area (TPSA) is 12.5 Å². The third-order valence-corrected chi connectivity index (χ3v) is 2.17. The summed E-state index contributed by atoms with van der Waals surface area (Å²) in [6.07, 6.45) is 0. The lowest BCUT2D eigenvalue weighted by atomic mass is 10.00. The maximum Gasteiger partial charge on any atom is 0.345 e. The summed E-state index contributed by atoms with van der Waals surface area (Å²) in [4.78, 5) is 2.24. The first-order chi connectivity index (χ1) is 5.59. The van der Waals surface area contributed by atoms with E-state index < -0.39 is 6.61 Å². The predicted molar refractivity (Wildman–Crippen MR) is 42.2 cm³/mol. The Morgan fingerprint density at radius 2 is 2.00 bits per heavy atom. The number of hydrogen-bond acceptors (Lipinski definition) is 2. The van der Waals surface area contributed by atoms with E-state index in [1.165, 1.54) is 0 Å². The number of nitrogens with zero attached hydrogens (tertiary/aromatic N) is 1. The van der Waals surface area contributed by atoms with Gasteiger partial charge in [-0.3, -0.25) is 0 Å². The van der Waals surface area contributed by atoms with Gasteiger partial charge in [0.05, 0.1) is 6.61 Å². The third kappa shape index (κ3) is 2.68. The van der Waals surface area contributed by atoms with Crippen LogP contribution in [0.2, 0.25) is 0 Å². The Labute approximate surface area is 71.5 Å². The molecule has 1 aliphatic heterocycles. The maximum atomic E-state index is 11.6. The van der Waals surface area contributed by atoms with Crippen LogP contribution in [0.5, 0.6) is 0 Å². The van der Waals surface area contributed by atoms with Crippen LogP contribution in [0.15, 0.2) is 0 Å². The molecule has 0 spiro atoms. The summed E-state index contributed by atoms with van der Waals surface area (Å²) in [6.45, 7) is 3.57. The van der Waals surface area contributed by atoms with Gasteiger partial charge in [0.15, 0.2) is 0 Å². The Kier molecular flexibility index (Phi) is 3.40. The van der Waals surface area contributed by atoms with Gasteiger partial charge in [-0.05, 0) is 13.8 Å². The van der Waals surface area contributed by atoms with Gasteiger partial charge in [-0.15, -0.1) is 0 Å². The Balaban J connectivity index is 2.02. The quantitative estimate of drug-likeness (QED) is 0.649. The summed E-state index contributed by atoms with van der Waals surface area (Å²) in [5.41, 5.74) is 0. The predicted octanol–water partition coefficient (Wildman–Crippen LogP) is 1.57. The highest BCUT2D eigenvalue weighted by molar-refractivity contribution is 4.81. The Morgan fingerprint density at radius 1 is 1.42 bits per heavy atom. The molecule has 0 N–H and O–H groups in total. The zero-order valence-electron chi connectivity index (χ0n) is 7.46. The van der Waals surface area contributed by atoms with Crippen molar-refractivity contribution < 1.29 is 13.5 Å². The first-order valence-electron chi connectivity index (χ1n) is 4.23. The molecule has 2 nitrogen and oxygen atoms in total. The van der Waals surface area contributed by atoms with Crippen LogP contribution in [-0.2, 0) is 4.74 Å². The van der Waals surface area contributed by atoms with E-state index in [1.54, 1.807) is 0 Å². The summed E-state index contributed by atoms with van der Waals surface area (Å²) < 4.78 is 27.4. The minimum absolute atomic E-state index is 0.195. The smallest absolute Gasteiger partial charge is 0.323 e. The molecule has 1 aliphatic rings. The van der Waals surface area contributed by atoms with Crippen LogP contribution in [0.25, 0.3) is 0 Å². The van der Waals surface area contributed by atoms with Crippen molar-refractivity contribution in [3.63, 3.8) is 0 Å². The first-order valence-corrected chi connectivity index (χ1v) is 4.23. The second kappa shape index (κ2) is 4.14. The molecule has 0 saturated carbocycles. The van der Waals surface area contributed by atoms with Gasteiger partial charge in [-0.1, -0.05) is 0 Å². The summed E-state index contributed by atoms with van der Waals surface area (Å²) >= 11 is 0. The minimum atomic E-state index is -2.61. The molecule has 4 heteroatoms. The van der Waals surface area contributed by atoms with Gasteiger partial charge in [-0.25, -0.2) is 0 Å². The SMILES string of the molecule is CC(C)N1CC(COC(F)F)C1. The van der Waals surface area contributed by atoms with E-state index in [2.05, 4.69) is 23.5 Å². The van der Waals surface area contributed by atoms with Crippen LogP contribution in [0.1, 0.15) is 13.8 Å². The number of hydrogen-bond donors (Lipinski definition) is 0. The molecule has 0 amide bonds. The van der Waals surface area contributed by atoms with E-state index in [-0.39, 0.29) is 6.61 Å². The van der Waals surface area contributed by atoms with Crippen LogP contribution < -0.4 is 0 Å². The molecular formula is C8H15F2NO. The summed E-state index contributed by atoms with van der Waals surface area (Å²) in [7, 11) is 0. The molecule has 1 heterocycles. The van der Waals surface area contributed by atoms with E-state index in [4.69, 9.17) is 0 Å². The largest absolute Gasteiger partial charge is 0.345 e. The van der Waals surface area contributed by atoms with Crippen LogP contribution in [-0.4, -0.2) is 37.2 Å². The van der Waals surface area contributed by atoms with Crippen LogP contribution in [0.3, 0.4) is 0 Å². The van der Waals surface area contributed by atoms with Crippen molar-refractivity contribution in [1.82, 2.24) is 4.90 Å². The van der Waals surface area contributed by atoms with Crippen molar-refractivity contribution >= 4 is 0 Å². The molecule has 0 atom stereocenters. The van der Waals surface area contributed by atoms with Crippen molar-refractivity contribution in [3.05, 3.63) is 0 Å². The highest BCUT2D eigenvalue weighted by Gasteiger charge is 2.28. The fourth-order valence-corrected chi connectivity index (χ4v) is 1.35. The van der Waals surface area contributed by atoms with Gasteiger partial charge in [-0.2, -0.15) is 8.78 Å². The Morgan fingerprint density at radius 3 is 2.42 bits per heavy atom. The minimum Gasteiger partial charge on any atom is -0.323 e. The number of halogens is 2. The number of likely N-dealkylation sites (tertiary alicyclic amines) is 1. The zero-order chi connectivity index (χ0) is 9.14.